The number of aromatic amines is 1. The fourth-order valence-electron chi connectivity index (χ4n) is 2.99. The van der Waals surface area contributed by atoms with Crippen molar-refractivity contribution >= 4 is 22.6 Å². The quantitative estimate of drug-likeness (QED) is 0.828. The van der Waals surface area contributed by atoms with E-state index in [2.05, 4.69) is 15.5 Å². The van der Waals surface area contributed by atoms with Crippen molar-refractivity contribution in [3.05, 3.63) is 40.3 Å². The Labute approximate surface area is 138 Å². The first-order chi connectivity index (χ1) is 11.6. The molecule has 0 radical (unpaired) electrons. The highest BCUT2D eigenvalue weighted by molar-refractivity contribution is 6.02. The monoisotopic (exact) mass is 329 g/mol. The van der Waals surface area contributed by atoms with Crippen LogP contribution in [0.1, 0.15) is 42.6 Å². The second-order valence-electron chi connectivity index (χ2n) is 5.93. The Morgan fingerprint density at radius 1 is 1.17 bits per heavy atom. The second-order valence-corrected chi connectivity index (χ2v) is 5.93. The molecule has 0 atom stereocenters. The third-order valence-electron chi connectivity index (χ3n) is 4.19. The number of hydrogen-bond acceptors (Lipinski definition) is 5. The van der Waals surface area contributed by atoms with E-state index in [9.17, 15) is 14.4 Å². The van der Waals surface area contributed by atoms with E-state index in [1.54, 1.807) is 24.3 Å². The summed E-state index contributed by atoms with van der Waals surface area (Å²) in [5.41, 5.74) is -0.382. The van der Waals surface area contributed by atoms with Crippen molar-refractivity contribution in [2.45, 2.75) is 38.1 Å². The zero-order valence-corrected chi connectivity index (χ0v) is 13.2. The molecule has 126 valence electrons. The molecule has 1 aromatic carbocycles. The van der Waals surface area contributed by atoms with E-state index in [0.29, 0.717) is 10.8 Å². The highest BCUT2D eigenvalue weighted by Gasteiger charge is 2.19. The third-order valence-corrected chi connectivity index (χ3v) is 4.19. The molecule has 1 saturated carbocycles. The van der Waals surface area contributed by atoms with Crippen LogP contribution in [0, 0.1) is 0 Å². The standard InChI is InChI=1S/C17H19N3O4/c21-14(18-11-6-2-1-3-7-11)10-24-17(23)15-12-8-4-5-9-13(12)16(22)20-19-15/h4-5,8-9,11H,1-3,6-7,10H2,(H,18,21)(H,20,22). The zero-order valence-electron chi connectivity index (χ0n) is 13.2. The van der Waals surface area contributed by atoms with E-state index in [1.165, 1.54) is 6.42 Å². The van der Waals surface area contributed by atoms with Crippen LogP contribution in [0.15, 0.2) is 29.1 Å². The Bertz CT molecular complexity index is 809. The molecule has 1 amide bonds. The van der Waals surface area contributed by atoms with E-state index in [0.717, 1.165) is 25.7 Å². The second kappa shape index (κ2) is 7.25. The molecule has 1 aliphatic carbocycles. The summed E-state index contributed by atoms with van der Waals surface area (Å²) >= 11 is 0. The van der Waals surface area contributed by atoms with Crippen molar-refractivity contribution in [3.8, 4) is 0 Å². The minimum atomic E-state index is -0.735. The largest absolute Gasteiger partial charge is 0.451 e. The zero-order chi connectivity index (χ0) is 16.9. The lowest BCUT2D eigenvalue weighted by Gasteiger charge is -2.22. The number of H-pyrrole nitrogens is 1. The first-order valence-electron chi connectivity index (χ1n) is 8.09. The molecule has 3 rings (SSSR count). The molecule has 7 heteroatoms. The van der Waals surface area contributed by atoms with Crippen molar-refractivity contribution in [1.82, 2.24) is 15.5 Å². The Hall–Kier alpha value is -2.70. The lowest BCUT2D eigenvalue weighted by Crippen LogP contribution is -2.38. The number of carbonyl (C=O) groups excluding carboxylic acids is 2. The summed E-state index contributed by atoms with van der Waals surface area (Å²) in [6, 6.07) is 6.79. The molecule has 2 aromatic rings. The number of amides is 1. The van der Waals surface area contributed by atoms with Crippen molar-refractivity contribution in [2.24, 2.45) is 0 Å². The summed E-state index contributed by atoms with van der Waals surface area (Å²) < 4.78 is 5.04. The molecule has 1 aromatic heterocycles. The first kappa shape index (κ1) is 16.2. The smallest absolute Gasteiger partial charge is 0.359 e. The number of benzene rings is 1. The molecular weight excluding hydrogens is 310 g/mol. The molecule has 0 bridgehead atoms. The minimum absolute atomic E-state index is 0.00401. The van der Waals surface area contributed by atoms with Crippen LogP contribution in [-0.4, -0.2) is 34.7 Å². The SMILES string of the molecule is O=C(COC(=O)c1n[nH]c(=O)c2ccccc12)NC1CCCCC1. The van der Waals surface area contributed by atoms with Gasteiger partial charge in [-0.25, -0.2) is 9.89 Å². The molecule has 0 spiro atoms. The number of aromatic nitrogens is 2. The summed E-state index contributed by atoms with van der Waals surface area (Å²) in [6.07, 6.45) is 5.35. The number of rotatable bonds is 4. The van der Waals surface area contributed by atoms with Crippen LogP contribution in [0.2, 0.25) is 0 Å². The molecule has 1 aliphatic rings. The number of fused-ring (bicyclic) bond motifs is 1. The highest BCUT2D eigenvalue weighted by Crippen LogP contribution is 2.17. The molecule has 24 heavy (non-hydrogen) atoms. The van der Waals surface area contributed by atoms with Gasteiger partial charge in [0.15, 0.2) is 12.3 Å². The van der Waals surface area contributed by atoms with Gasteiger partial charge in [-0.15, -0.1) is 0 Å². The summed E-state index contributed by atoms with van der Waals surface area (Å²) in [7, 11) is 0. The van der Waals surface area contributed by atoms with Gasteiger partial charge in [-0.05, 0) is 18.9 Å². The summed E-state index contributed by atoms with van der Waals surface area (Å²) in [4.78, 5) is 35.8. The van der Waals surface area contributed by atoms with E-state index in [1.807, 2.05) is 0 Å². The molecular formula is C17H19N3O4. The topological polar surface area (TPSA) is 101 Å². The van der Waals surface area contributed by atoms with E-state index in [-0.39, 0.29) is 29.8 Å². The van der Waals surface area contributed by atoms with Gasteiger partial charge in [0.25, 0.3) is 11.5 Å². The third kappa shape index (κ3) is 3.61. The van der Waals surface area contributed by atoms with Gasteiger partial charge >= 0.3 is 5.97 Å². The predicted molar refractivity (Wildman–Crippen MR) is 87.7 cm³/mol. The fraction of sp³-hybridized carbons (Fsp3) is 0.412. The van der Waals surface area contributed by atoms with E-state index in [4.69, 9.17) is 4.74 Å². The summed E-state index contributed by atoms with van der Waals surface area (Å²) in [6.45, 7) is -0.357. The van der Waals surface area contributed by atoms with E-state index >= 15 is 0 Å². The van der Waals surface area contributed by atoms with Gasteiger partial charge in [-0.3, -0.25) is 9.59 Å². The molecule has 0 saturated heterocycles. The van der Waals surface area contributed by atoms with Crippen molar-refractivity contribution in [1.29, 1.82) is 0 Å². The van der Waals surface area contributed by atoms with Gasteiger partial charge in [0, 0.05) is 11.4 Å². The minimum Gasteiger partial charge on any atom is -0.451 e. The number of hydrogen-bond donors (Lipinski definition) is 2. The fourth-order valence-corrected chi connectivity index (χ4v) is 2.99. The Morgan fingerprint density at radius 3 is 2.62 bits per heavy atom. The molecule has 2 N–H and O–H groups in total. The maximum Gasteiger partial charge on any atom is 0.359 e. The number of nitrogens with one attached hydrogen (secondary N) is 2. The van der Waals surface area contributed by atoms with Crippen LogP contribution in [0.4, 0.5) is 0 Å². The maximum atomic E-state index is 12.2. The van der Waals surface area contributed by atoms with Gasteiger partial charge in [0.05, 0.1) is 5.39 Å². The average Bonchev–Trinajstić information content (AvgIpc) is 2.61. The lowest BCUT2D eigenvalue weighted by molar-refractivity contribution is -0.125. The van der Waals surface area contributed by atoms with Gasteiger partial charge in [-0.1, -0.05) is 37.5 Å². The number of esters is 1. The Kier molecular flexibility index (Phi) is 4.88. The van der Waals surface area contributed by atoms with Crippen LogP contribution in [0.3, 0.4) is 0 Å². The molecule has 1 fully saturated rings. The van der Waals surface area contributed by atoms with Crippen LogP contribution < -0.4 is 10.9 Å². The normalized spacial score (nSPS) is 15.2. The Balaban J connectivity index is 1.64. The van der Waals surface area contributed by atoms with E-state index < -0.39 is 5.97 Å². The Morgan fingerprint density at radius 2 is 1.88 bits per heavy atom. The van der Waals surface area contributed by atoms with Crippen LogP contribution in [-0.2, 0) is 9.53 Å². The molecule has 1 heterocycles. The van der Waals surface area contributed by atoms with Gasteiger partial charge < -0.3 is 10.1 Å². The number of nitrogens with zero attached hydrogens (tertiary/aromatic N) is 1. The van der Waals surface area contributed by atoms with Gasteiger partial charge in [0.1, 0.15) is 0 Å². The first-order valence-corrected chi connectivity index (χ1v) is 8.09. The maximum absolute atomic E-state index is 12.2. The highest BCUT2D eigenvalue weighted by atomic mass is 16.5. The number of carbonyl (C=O) groups is 2. The van der Waals surface area contributed by atoms with Crippen molar-refractivity contribution in [3.63, 3.8) is 0 Å². The summed E-state index contributed by atoms with van der Waals surface area (Å²) in [5.74, 6) is -1.05. The van der Waals surface area contributed by atoms with Crippen LogP contribution in [0.25, 0.3) is 10.8 Å². The average molecular weight is 329 g/mol. The number of ether oxygens (including phenoxy) is 1. The van der Waals surface area contributed by atoms with Gasteiger partial charge in [0.2, 0.25) is 0 Å². The predicted octanol–water partition coefficient (Wildman–Crippen LogP) is 1.53. The molecule has 0 unspecified atom stereocenters. The molecule has 7 nitrogen and oxygen atoms in total. The molecule has 0 aliphatic heterocycles. The van der Waals surface area contributed by atoms with Crippen molar-refractivity contribution < 1.29 is 14.3 Å². The van der Waals surface area contributed by atoms with Crippen molar-refractivity contribution in [2.75, 3.05) is 6.61 Å². The van der Waals surface area contributed by atoms with Crippen LogP contribution >= 0.6 is 0 Å². The van der Waals surface area contributed by atoms with Crippen LogP contribution in [0.5, 0.6) is 0 Å². The lowest BCUT2D eigenvalue weighted by atomic mass is 9.95. The summed E-state index contributed by atoms with van der Waals surface area (Å²) in [5, 5.41) is 9.66. The van der Waals surface area contributed by atoms with Gasteiger partial charge in [-0.2, -0.15) is 5.10 Å².